The van der Waals surface area contributed by atoms with Crippen LogP contribution in [-0.4, -0.2) is 60.1 Å². The van der Waals surface area contributed by atoms with Gasteiger partial charge in [-0.05, 0) is 16.7 Å². The lowest BCUT2D eigenvalue weighted by Gasteiger charge is -2.42. The molecular weight excluding hydrogens is 512 g/mol. The molecule has 3 aromatic rings. The van der Waals surface area contributed by atoms with Crippen molar-refractivity contribution in [1.29, 1.82) is 5.26 Å². The number of rotatable bonds is 7. The summed E-state index contributed by atoms with van der Waals surface area (Å²) < 4.78 is 17.9. The summed E-state index contributed by atoms with van der Waals surface area (Å²) in [5.74, 6) is -0.487. The van der Waals surface area contributed by atoms with E-state index in [1.54, 1.807) is 30.3 Å². The molecule has 0 spiro atoms. The van der Waals surface area contributed by atoms with Crippen LogP contribution >= 0.6 is 0 Å². The van der Waals surface area contributed by atoms with Gasteiger partial charge in [0.05, 0.1) is 37.9 Å². The number of fused-ring (bicyclic) bond motifs is 3. The van der Waals surface area contributed by atoms with Crippen LogP contribution in [0.3, 0.4) is 0 Å². The van der Waals surface area contributed by atoms with Crippen molar-refractivity contribution in [3.63, 3.8) is 0 Å². The Hall–Kier alpha value is -4.33. The van der Waals surface area contributed by atoms with Gasteiger partial charge in [-0.1, -0.05) is 59.7 Å². The molecule has 3 heterocycles. The van der Waals surface area contributed by atoms with E-state index in [4.69, 9.17) is 19.7 Å². The van der Waals surface area contributed by atoms with Crippen molar-refractivity contribution in [3.05, 3.63) is 87.8 Å². The van der Waals surface area contributed by atoms with E-state index >= 15 is 0 Å². The zero-order chi connectivity index (χ0) is 28.1. The van der Waals surface area contributed by atoms with E-state index < -0.39 is 29.1 Å². The highest BCUT2D eigenvalue weighted by molar-refractivity contribution is 5.60. The number of hydrogen-bond acceptors (Lipinski definition) is 9. The third kappa shape index (κ3) is 3.55. The smallest absolute Gasteiger partial charge is 0.226 e. The lowest BCUT2D eigenvalue weighted by atomic mass is 9.70. The van der Waals surface area contributed by atoms with Crippen molar-refractivity contribution in [2.45, 2.75) is 23.2 Å². The number of pyridine rings is 1. The monoisotopic (exact) mass is 540 g/mol. The standard InChI is InChI=1S/C29H28N6O5/c1-38-23-12-22-25(27(32-23)39-2)28(37)26(36)21(16-35-14-17(13-30)15-35)24(18-6-4-3-5-7-18)29(28,40-22)19-8-10-20(11-9-19)33-34-31/h3-12,17,21,24,26,36-37H,14-16H2,1-2H3/t21-,24-,26-,28+,29+/m1/s1. The molecule has 1 aliphatic carbocycles. The fraction of sp³-hybridized carbons (Fsp3) is 0.379. The van der Waals surface area contributed by atoms with Gasteiger partial charge in [-0.25, -0.2) is 0 Å². The molecule has 0 bridgehead atoms. The maximum absolute atomic E-state index is 12.9. The molecule has 0 radical (unpaired) electrons. The molecule has 11 heteroatoms. The van der Waals surface area contributed by atoms with Crippen LogP contribution in [-0.2, 0) is 11.2 Å². The summed E-state index contributed by atoms with van der Waals surface area (Å²) >= 11 is 0. The van der Waals surface area contributed by atoms with Gasteiger partial charge in [-0.15, -0.1) is 0 Å². The zero-order valence-electron chi connectivity index (χ0n) is 22.0. The third-order valence-corrected chi connectivity index (χ3v) is 8.47. The second kappa shape index (κ2) is 9.70. The second-order valence-corrected chi connectivity index (χ2v) is 10.4. The number of azide groups is 1. The SMILES string of the molecule is COc1cc2c(c(OC)n1)[C@]1(O)[C@H](O)[C@H](CN3CC(C#N)C3)[C@@H](c3ccccc3)[C@]1(c1ccc(N=[N+]=[N-])cc1)O2. The molecule has 2 fully saturated rings. The van der Waals surface area contributed by atoms with E-state index in [1.165, 1.54) is 14.2 Å². The number of aliphatic hydroxyl groups excluding tert-OH is 1. The van der Waals surface area contributed by atoms with Crippen molar-refractivity contribution in [3.8, 4) is 23.6 Å². The lowest BCUT2D eigenvalue weighted by Crippen LogP contribution is -2.52. The van der Waals surface area contributed by atoms with Gasteiger partial charge in [0.25, 0.3) is 0 Å². The Balaban J connectivity index is 1.61. The van der Waals surface area contributed by atoms with Crippen LogP contribution in [0.15, 0.2) is 65.8 Å². The van der Waals surface area contributed by atoms with Crippen LogP contribution in [0.1, 0.15) is 22.6 Å². The molecule has 204 valence electrons. The predicted octanol–water partition coefficient (Wildman–Crippen LogP) is 3.75. The quantitative estimate of drug-likeness (QED) is 0.261. The van der Waals surface area contributed by atoms with Crippen molar-refractivity contribution in [2.75, 3.05) is 33.9 Å². The summed E-state index contributed by atoms with van der Waals surface area (Å²) in [5, 5.41) is 38.1. The molecule has 0 unspecified atom stereocenters. The highest BCUT2D eigenvalue weighted by Gasteiger charge is 2.77. The number of nitrogens with zero attached hydrogens (tertiary/aromatic N) is 6. The molecule has 1 saturated carbocycles. The first-order chi connectivity index (χ1) is 19.4. The minimum absolute atomic E-state index is 0.0627. The second-order valence-electron chi connectivity index (χ2n) is 10.4. The topological polar surface area (TPSA) is 157 Å². The Morgan fingerprint density at radius 3 is 2.52 bits per heavy atom. The maximum Gasteiger partial charge on any atom is 0.226 e. The van der Waals surface area contributed by atoms with Crippen molar-refractivity contribution in [1.82, 2.24) is 9.88 Å². The van der Waals surface area contributed by atoms with Gasteiger partial charge in [0.1, 0.15) is 5.75 Å². The van der Waals surface area contributed by atoms with Crippen LogP contribution in [0.4, 0.5) is 5.69 Å². The largest absolute Gasteiger partial charge is 0.481 e. The number of ether oxygens (including phenoxy) is 3. The Labute approximate surface area is 230 Å². The van der Waals surface area contributed by atoms with Crippen LogP contribution in [0.5, 0.6) is 17.5 Å². The summed E-state index contributed by atoms with van der Waals surface area (Å²) in [4.78, 5) is 9.41. The van der Waals surface area contributed by atoms with Crippen LogP contribution in [0.25, 0.3) is 10.4 Å². The molecule has 2 aromatic carbocycles. The van der Waals surface area contributed by atoms with Gasteiger partial charge in [-0.3, -0.25) is 0 Å². The van der Waals surface area contributed by atoms with Gasteiger partial charge in [0.15, 0.2) is 11.2 Å². The summed E-state index contributed by atoms with van der Waals surface area (Å²) in [6.07, 6.45) is -1.30. The molecular formula is C29H28N6O5. The zero-order valence-corrected chi connectivity index (χ0v) is 22.0. The molecule has 1 saturated heterocycles. The number of nitriles is 1. The number of likely N-dealkylation sites (tertiary alicyclic amines) is 1. The maximum atomic E-state index is 12.9. The van der Waals surface area contributed by atoms with Gasteiger partial charge in [0, 0.05) is 48.1 Å². The Kier molecular flexibility index (Phi) is 6.28. The molecule has 40 heavy (non-hydrogen) atoms. The first-order valence-corrected chi connectivity index (χ1v) is 13.0. The minimum atomic E-state index is -1.99. The molecule has 0 amide bonds. The highest BCUT2D eigenvalue weighted by Crippen LogP contribution is 2.70. The number of benzene rings is 2. The van der Waals surface area contributed by atoms with Crippen LogP contribution in [0, 0.1) is 23.2 Å². The van der Waals surface area contributed by atoms with Gasteiger partial charge >= 0.3 is 0 Å². The summed E-state index contributed by atoms with van der Waals surface area (Å²) in [5.41, 5.74) is 7.51. The van der Waals surface area contributed by atoms with Crippen LogP contribution < -0.4 is 14.2 Å². The van der Waals surface area contributed by atoms with E-state index in [-0.39, 0.29) is 29.0 Å². The molecule has 5 atom stereocenters. The van der Waals surface area contributed by atoms with E-state index in [1.807, 2.05) is 30.3 Å². The van der Waals surface area contributed by atoms with E-state index in [2.05, 4.69) is 26.0 Å². The third-order valence-electron chi connectivity index (χ3n) is 8.47. The van der Waals surface area contributed by atoms with Gasteiger partial charge in [0.2, 0.25) is 11.8 Å². The molecule has 6 rings (SSSR count). The van der Waals surface area contributed by atoms with E-state index in [0.29, 0.717) is 30.9 Å². The minimum Gasteiger partial charge on any atom is -0.481 e. The van der Waals surface area contributed by atoms with E-state index in [9.17, 15) is 15.5 Å². The molecule has 3 aliphatic rings. The fourth-order valence-electron chi connectivity index (χ4n) is 6.79. The average Bonchev–Trinajstić information content (AvgIpc) is 3.33. The normalized spacial score (nSPS) is 28.8. The summed E-state index contributed by atoms with van der Waals surface area (Å²) in [6, 6.07) is 20.3. The van der Waals surface area contributed by atoms with Crippen molar-refractivity contribution in [2.24, 2.45) is 17.0 Å². The van der Waals surface area contributed by atoms with Gasteiger partial charge in [-0.2, -0.15) is 10.2 Å². The Bertz CT molecular complexity index is 1520. The summed E-state index contributed by atoms with van der Waals surface area (Å²) in [7, 11) is 2.91. The predicted molar refractivity (Wildman–Crippen MR) is 143 cm³/mol. The summed E-state index contributed by atoms with van der Waals surface area (Å²) in [6.45, 7) is 1.62. The Morgan fingerprint density at radius 2 is 1.90 bits per heavy atom. The number of hydrogen-bond donors (Lipinski definition) is 2. The number of methoxy groups -OCH3 is 2. The molecule has 2 aliphatic heterocycles. The lowest BCUT2D eigenvalue weighted by molar-refractivity contribution is -0.152. The van der Waals surface area contributed by atoms with Crippen molar-refractivity contribution >= 4 is 5.69 Å². The van der Waals surface area contributed by atoms with Crippen molar-refractivity contribution < 1.29 is 24.4 Å². The first kappa shape index (κ1) is 25.9. The Morgan fingerprint density at radius 1 is 1.18 bits per heavy atom. The molecule has 11 nitrogen and oxygen atoms in total. The number of aromatic nitrogens is 1. The fourth-order valence-corrected chi connectivity index (χ4v) is 6.79. The van der Waals surface area contributed by atoms with E-state index in [0.717, 1.165) is 5.56 Å². The van der Waals surface area contributed by atoms with Gasteiger partial charge < -0.3 is 29.3 Å². The molecule has 2 N–H and O–H groups in total. The average molecular weight is 541 g/mol. The highest BCUT2D eigenvalue weighted by atomic mass is 16.5. The number of aliphatic hydroxyl groups is 2. The van der Waals surface area contributed by atoms with Crippen LogP contribution in [0.2, 0.25) is 0 Å². The first-order valence-electron chi connectivity index (χ1n) is 13.0. The molecule has 1 aromatic heterocycles.